The molecule has 7 aromatic heterocycles. The molecule has 0 aliphatic heterocycles. The number of hydrogen-bond acceptors (Lipinski definition) is 6. The molecule has 0 amide bonds. The van der Waals surface area contributed by atoms with Gasteiger partial charge in [0.1, 0.15) is 61.4 Å². The van der Waals surface area contributed by atoms with Gasteiger partial charge in [-0.25, -0.2) is 11.1 Å². The van der Waals surface area contributed by atoms with Gasteiger partial charge in [0, 0.05) is 99.3 Å². The summed E-state index contributed by atoms with van der Waals surface area (Å²) < 4.78 is 41.2. The fourth-order valence-corrected chi connectivity index (χ4v) is 16.9. The Kier molecular flexibility index (Phi) is 13.0. The van der Waals surface area contributed by atoms with Crippen molar-refractivity contribution in [2.45, 2.75) is 5.41 Å². The van der Waals surface area contributed by atoms with E-state index < -0.39 is 5.41 Å². The third-order valence-corrected chi connectivity index (χ3v) is 22.0. The SMILES string of the molecule is [U+2].[c-]1ccc(-c2ccccc2)cc1-c1[c-]cc2oc3ccc(C(c4ccc5oc6cc7[nH]c8ccc(-c9ccccc9)cc8c7cc6c5c4)(c4ccc5oc6cc7oc8ccc(-c9ccccc9)cc8c7cc6c5c4)c4ccc5oc6cc7oc8ccc(-c9ccccc9)cc8c7cc6c5c4)cc3c2c1. The van der Waals surface area contributed by atoms with E-state index in [0.717, 1.165) is 231 Å². The summed E-state index contributed by atoms with van der Waals surface area (Å²) >= 11 is 0. The zero-order valence-electron chi connectivity index (χ0n) is 56.0. The Morgan fingerprint density at radius 3 is 0.952 bits per heavy atom. The van der Waals surface area contributed by atoms with Crippen LogP contribution in [-0.4, -0.2) is 4.98 Å². The fraction of sp³-hybridized carbons (Fsp3) is 0.0103. The van der Waals surface area contributed by atoms with Gasteiger partial charge < -0.3 is 31.5 Å². The van der Waals surface area contributed by atoms with E-state index in [-0.39, 0.29) is 31.1 Å². The molecule has 0 aliphatic carbocycles. The van der Waals surface area contributed by atoms with E-state index in [4.69, 9.17) is 26.5 Å². The van der Waals surface area contributed by atoms with Crippen LogP contribution in [-0.2, 0) is 5.41 Å². The molecule has 0 saturated heterocycles. The molecule has 0 aliphatic rings. The van der Waals surface area contributed by atoms with Gasteiger partial charge in [-0.3, -0.25) is 0 Å². The maximum atomic E-state index is 7.01. The molecule has 0 atom stereocenters. The minimum atomic E-state index is -1.11. The molecule has 0 unspecified atom stereocenters. The van der Waals surface area contributed by atoms with Gasteiger partial charge in [0.25, 0.3) is 0 Å². The van der Waals surface area contributed by atoms with Gasteiger partial charge in [-0.1, -0.05) is 169 Å². The number of hydrogen-bond donors (Lipinski definition) is 1. The molecule has 7 nitrogen and oxygen atoms in total. The third kappa shape index (κ3) is 9.17. The predicted molar refractivity (Wildman–Crippen MR) is 423 cm³/mol. The summed E-state index contributed by atoms with van der Waals surface area (Å²) in [5, 5.41) is 14.1. The molecule has 0 radical (unpaired) electrons. The number of aromatic nitrogens is 1. The van der Waals surface area contributed by atoms with Gasteiger partial charge in [0.15, 0.2) is 0 Å². The van der Waals surface area contributed by atoms with E-state index in [1.807, 2.05) is 18.2 Å². The van der Waals surface area contributed by atoms with Crippen LogP contribution in [0.3, 0.4) is 0 Å². The average molecular weight is 1570 g/mol. The molecule has 0 spiro atoms. The Morgan fingerprint density at radius 2 is 0.524 bits per heavy atom. The quantitative estimate of drug-likeness (QED) is 0.114. The summed E-state index contributed by atoms with van der Waals surface area (Å²) in [6.07, 6.45) is 0. The average Bonchev–Trinajstić information content (AvgIpc) is 1.69. The maximum Gasteiger partial charge on any atom is 2.00 e. The first-order chi connectivity index (χ1) is 51.4. The molecule has 1 N–H and O–H groups in total. The Bertz CT molecular complexity index is 6980. The molecule has 0 saturated carbocycles. The van der Waals surface area contributed by atoms with Crippen LogP contribution in [0.5, 0.6) is 0 Å². The van der Waals surface area contributed by atoms with Gasteiger partial charge in [-0.05, 0) is 164 Å². The van der Waals surface area contributed by atoms with Gasteiger partial charge in [-0.2, -0.15) is 30.3 Å². The van der Waals surface area contributed by atoms with Gasteiger partial charge in [-0.15, -0.1) is 17.7 Å². The standard InChI is InChI=1S/C97H53NO6.U/c1-5-14-55(15-6-1)59-22-13-23-60(40-59)64-27-35-85-71(44-64)74-45-65(28-36-88(74)99-85)97(66-29-37-89-75(46-66)78-49-70-69-41-61(56-16-7-2-8-17-56)24-32-83(69)98-84(70)52-92(78)100-89,67-30-38-90-76(47-67)81-50-79-72-42-62(57-18-9-3-10-19-57)25-33-86(72)101-93(79)53-95(81)103-90)68-31-39-91-77(48-68)82-51-80-73-43-63(58-20-11-4-12-21-58)26-34-87(73)102-94(80)54-96(82)104-91;/h1-22,24-26,28-54,98H;/q-2;+2. The van der Waals surface area contributed by atoms with Crippen molar-refractivity contribution in [2.75, 3.05) is 0 Å². The zero-order chi connectivity index (χ0) is 67.9. The number of fused-ring (bicyclic) bond motifs is 21. The Balaban J connectivity index is 0.00000690. The van der Waals surface area contributed by atoms with Crippen molar-refractivity contribution in [1.82, 2.24) is 4.98 Å². The van der Waals surface area contributed by atoms with Crippen LogP contribution in [0, 0.1) is 43.2 Å². The van der Waals surface area contributed by atoms with Crippen LogP contribution in [0.15, 0.2) is 342 Å². The van der Waals surface area contributed by atoms with Crippen LogP contribution in [0.1, 0.15) is 22.3 Å². The Labute approximate surface area is 622 Å². The summed E-state index contributed by atoms with van der Waals surface area (Å²) in [4.78, 5) is 3.74. The van der Waals surface area contributed by atoms with Crippen molar-refractivity contribution in [3.05, 3.63) is 350 Å². The second kappa shape index (κ2) is 22.8. The number of nitrogens with one attached hydrogen (secondary N) is 1. The largest absolute Gasteiger partial charge is 2.00 e. The van der Waals surface area contributed by atoms with Crippen molar-refractivity contribution in [1.29, 1.82) is 0 Å². The first-order valence-electron chi connectivity index (χ1n) is 35.1. The van der Waals surface area contributed by atoms with Crippen LogP contribution in [0.25, 0.3) is 209 Å². The summed E-state index contributed by atoms with van der Waals surface area (Å²) in [6, 6.07) is 120. The molecule has 8 heteroatoms. The Morgan fingerprint density at radius 1 is 0.210 bits per heavy atom. The minimum absolute atomic E-state index is 0. The fourth-order valence-electron chi connectivity index (χ4n) is 16.9. The summed E-state index contributed by atoms with van der Waals surface area (Å²) in [5.74, 6) is 0. The summed E-state index contributed by atoms with van der Waals surface area (Å²) in [7, 11) is 0. The first kappa shape index (κ1) is 59.8. The van der Waals surface area contributed by atoms with Crippen LogP contribution >= 0.6 is 0 Å². The van der Waals surface area contributed by atoms with Crippen LogP contribution in [0.4, 0.5) is 0 Å². The van der Waals surface area contributed by atoms with Crippen molar-refractivity contribution < 1.29 is 57.6 Å². The first-order valence-corrected chi connectivity index (χ1v) is 35.1. The molecule has 23 rings (SSSR count). The molecule has 486 valence electrons. The molecule has 23 aromatic rings. The maximum absolute atomic E-state index is 7.01. The predicted octanol–water partition coefficient (Wildman–Crippen LogP) is 27.0. The molecule has 0 bridgehead atoms. The van der Waals surface area contributed by atoms with Crippen LogP contribution < -0.4 is 0 Å². The molecular weight excluding hydrogens is 1510 g/mol. The van der Waals surface area contributed by atoms with Crippen molar-refractivity contribution in [2.24, 2.45) is 0 Å². The number of furan rings is 6. The number of H-pyrrole nitrogens is 1. The molecule has 0 fully saturated rings. The summed E-state index contributed by atoms with van der Waals surface area (Å²) in [6.45, 7) is 0. The second-order valence-corrected chi connectivity index (χ2v) is 27.7. The normalized spacial score (nSPS) is 12.3. The molecule has 16 aromatic carbocycles. The number of benzene rings is 16. The van der Waals surface area contributed by atoms with Gasteiger partial charge in [0.2, 0.25) is 0 Å². The molecule has 7 heterocycles. The van der Waals surface area contributed by atoms with Crippen molar-refractivity contribution in [3.8, 4) is 55.6 Å². The number of aromatic amines is 1. The van der Waals surface area contributed by atoms with E-state index in [1.54, 1.807) is 0 Å². The van der Waals surface area contributed by atoms with Gasteiger partial charge >= 0.3 is 31.1 Å². The minimum Gasteiger partial charge on any atom is -0.501 e. The monoisotopic (exact) mass is 1570 g/mol. The number of rotatable bonds is 9. The van der Waals surface area contributed by atoms with Crippen molar-refractivity contribution in [3.63, 3.8) is 0 Å². The topological polar surface area (TPSA) is 94.6 Å². The third-order valence-electron chi connectivity index (χ3n) is 22.0. The molecular formula is C97H53NO6U. The van der Waals surface area contributed by atoms with Gasteiger partial charge in [0.05, 0.1) is 10.9 Å². The second-order valence-electron chi connectivity index (χ2n) is 27.7. The Hall–Kier alpha value is -12.8. The van der Waals surface area contributed by atoms with E-state index in [1.165, 1.54) is 0 Å². The van der Waals surface area contributed by atoms with Crippen LogP contribution in [0.2, 0.25) is 0 Å². The van der Waals surface area contributed by atoms with E-state index >= 15 is 0 Å². The van der Waals surface area contributed by atoms with E-state index in [9.17, 15) is 0 Å². The summed E-state index contributed by atoms with van der Waals surface area (Å²) in [5.41, 5.74) is 25.1. The van der Waals surface area contributed by atoms with E-state index in [2.05, 4.69) is 314 Å². The molecule has 105 heavy (non-hydrogen) atoms. The van der Waals surface area contributed by atoms with Crippen molar-refractivity contribution >= 4 is 153 Å². The zero-order valence-corrected chi connectivity index (χ0v) is 60.1. The smallest absolute Gasteiger partial charge is 0.501 e. The van der Waals surface area contributed by atoms with E-state index in [0.29, 0.717) is 0 Å².